The lowest BCUT2D eigenvalue weighted by molar-refractivity contribution is -0.136. The smallest absolute Gasteiger partial charge is 0.222 e. The molecule has 0 saturated heterocycles. The summed E-state index contributed by atoms with van der Waals surface area (Å²) in [5.41, 5.74) is 3.44. The first-order chi connectivity index (χ1) is 15.4. The van der Waals surface area contributed by atoms with Gasteiger partial charge in [-0.15, -0.1) is 5.10 Å². The van der Waals surface area contributed by atoms with Gasteiger partial charge in [0, 0.05) is 38.5 Å². The van der Waals surface area contributed by atoms with Crippen LogP contribution in [0.25, 0.3) is 0 Å². The minimum absolute atomic E-state index is 0.0511. The molecule has 1 aliphatic rings. The van der Waals surface area contributed by atoms with Crippen molar-refractivity contribution < 1.29 is 14.6 Å². The van der Waals surface area contributed by atoms with Crippen molar-refractivity contribution in [1.82, 2.24) is 24.8 Å². The molecule has 2 aromatic rings. The van der Waals surface area contributed by atoms with Gasteiger partial charge in [-0.2, -0.15) is 0 Å². The lowest BCUT2D eigenvalue weighted by Gasteiger charge is -2.35. The van der Waals surface area contributed by atoms with E-state index >= 15 is 0 Å². The molecule has 3 rings (SSSR count). The van der Waals surface area contributed by atoms with E-state index in [9.17, 15) is 9.90 Å². The van der Waals surface area contributed by atoms with Gasteiger partial charge in [0.2, 0.25) is 5.91 Å². The summed E-state index contributed by atoms with van der Waals surface area (Å²) < 4.78 is 8.22. The van der Waals surface area contributed by atoms with Crippen molar-refractivity contribution in [2.75, 3.05) is 26.7 Å². The molecule has 2 heterocycles. The summed E-state index contributed by atoms with van der Waals surface area (Å²) in [6.45, 7) is 9.24. The number of nitrogens with zero attached hydrogens (tertiary/aromatic N) is 5. The lowest BCUT2D eigenvalue weighted by Crippen LogP contribution is -2.47. The Hall–Kier alpha value is -2.29. The summed E-state index contributed by atoms with van der Waals surface area (Å²) >= 11 is 0. The van der Waals surface area contributed by atoms with Gasteiger partial charge in [0.1, 0.15) is 0 Å². The van der Waals surface area contributed by atoms with Gasteiger partial charge in [0.15, 0.2) is 0 Å². The number of ether oxygens (including phenoxy) is 1. The molecule has 8 nitrogen and oxygen atoms in total. The second-order valence-corrected chi connectivity index (χ2v) is 9.14. The Morgan fingerprint density at radius 1 is 1.38 bits per heavy atom. The van der Waals surface area contributed by atoms with Gasteiger partial charge >= 0.3 is 0 Å². The van der Waals surface area contributed by atoms with Gasteiger partial charge in [-0.3, -0.25) is 9.69 Å². The van der Waals surface area contributed by atoms with Gasteiger partial charge in [-0.05, 0) is 32.9 Å². The van der Waals surface area contributed by atoms with E-state index in [-0.39, 0.29) is 30.6 Å². The molecular formula is C24H37N5O3. The lowest BCUT2D eigenvalue weighted by atomic mass is 10.0. The minimum Gasteiger partial charge on any atom is -0.394 e. The van der Waals surface area contributed by atoms with Crippen LogP contribution in [0.1, 0.15) is 43.5 Å². The van der Waals surface area contributed by atoms with Crippen LogP contribution in [0.5, 0.6) is 0 Å². The normalized spacial score (nSPS) is 21.7. The number of likely N-dealkylation sites (N-methyl/N-ethyl adjacent to an activating group) is 1. The first-order valence-electron chi connectivity index (χ1n) is 11.5. The highest BCUT2D eigenvalue weighted by Crippen LogP contribution is 2.19. The van der Waals surface area contributed by atoms with Crippen molar-refractivity contribution in [2.24, 2.45) is 5.92 Å². The molecule has 0 radical (unpaired) electrons. The molecule has 0 fully saturated rings. The molecule has 3 atom stereocenters. The maximum Gasteiger partial charge on any atom is 0.222 e. The Morgan fingerprint density at radius 2 is 2.19 bits per heavy atom. The fourth-order valence-corrected chi connectivity index (χ4v) is 4.24. The second-order valence-electron chi connectivity index (χ2n) is 9.14. The molecular weight excluding hydrogens is 406 g/mol. The Kier molecular flexibility index (Phi) is 8.78. The molecule has 176 valence electrons. The molecule has 1 aromatic heterocycles. The van der Waals surface area contributed by atoms with Crippen molar-refractivity contribution in [1.29, 1.82) is 0 Å². The van der Waals surface area contributed by atoms with E-state index in [2.05, 4.69) is 60.4 Å². The highest BCUT2D eigenvalue weighted by Gasteiger charge is 2.28. The number of rotatable bonds is 6. The number of hydrogen-bond donors (Lipinski definition) is 1. The van der Waals surface area contributed by atoms with Gasteiger partial charge in [-0.1, -0.05) is 42.0 Å². The number of fused-ring (bicyclic) bond motifs is 1. The van der Waals surface area contributed by atoms with E-state index < -0.39 is 0 Å². The van der Waals surface area contributed by atoms with Crippen molar-refractivity contribution >= 4 is 5.91 Å². The first-order valence-corrected chi connectivity index (χ1v) is 11.5. The monoisotopic (exact) mass is 443 g/mol. The third-order valence-corrected chi connectivity index (χ3v) is 6.17. The number of aliphatic hydroxyl groups is 1. The van der Waals surface area contributed by atoms with Gasteiger partial charge in [-0.25, -0.2) is 4.68 Å². The average Bonchev–Trinajstić information content (AvgIpc) is 3.20. The van der Waals surface area contributed by atoms with E-state index in [0.717, 1.165) is 18.8 Å². The summed E-state index contributed by atoms with van der Waals surface area (Å²) in [5, 5.41) is 17.9. The molecule has 0 saturated carbocycles. The Morgan fingerprint density at radius 3 is 2.94 bits per heavy atom. The van der Waals surface area contributed by atoms with E-state index in [1.54, 1.807) is 6.20 Å². The molecule has 0 aliphatic carbocycles. The van der Waals surface area contributed by atoms with Crippen LogP contribution in [0.4, 0.5) is 0 Å². The van der Waals surface area contributed by atoms with Crippen molar-refractivity contribution in [3.8, 4) is 0 Å². The largest absolute Gasteiger partial charge is 0.394 e. The molecule has 1 N–H and O–H groups in total. The van der Waals surface area contributed by atoms with Crippen LogP contribution in [0, 0.1) is 12.8 Å². The van der Waals surface area contributed by atoms with Gasteiger partial charge in [0.05, 0.1) is 37.3 Å². The molecule has 1 amide bonds. The van der Waals surface area contributed by atoms with Crippen LogP contribution in [0.2, 0.25) is 0 Å². The summed E-state index contributed by atoms with van der Waals surface area (Å²) in [5.74, 6) is 0.157. The fraction of sp³-hybridized carbons (Fsp3) is 0.625. The quantitative estimate of drug-likeness (QED) is 0.737. The summed E-state index contributed by atoms with van der Waals surface area (Å²) in [4.78, 5) is 17.0. The fourth-order valence-electron chi connectivity index (χ4n) is 4.24. The number of carbonyl (C=O) groups excluding carboxylic acids is 1. The van der Waals surface area contributed by atoms with Crippen molar-refractivity contribution in [2.45, 2.75) is 65.5 Å². The maximum absolute atomic E-state index is 12.9. The van der Waals surface area contributed by atoms with Gasteiger partial charge < -0.3 is 14.7 Å². The van der Waals surface area contributed by atoms with E-state index in [1.165, 1.54) is 11.1 Å². The summed E-state index contributed by atoms with van der Waals surface area (Å²) in [6, 6.07) is 8.31. The number of amides is 1. The predicted molar refractivity (Wildman–Crippen MR) is 123 cm³/mol. The summed E-state index contributed by atoms with van der Waals surface area (Å²) in [6.07, 6.45) is 2.76. The number of hydrogen-bond acceptors (Lipinski definition) is 6. The van der Waals surface area contributed by atoms with Crippen LogP contribution in [0.15, 0.2) is 30.5 Å². The Labute approximate surface area is 191 Å². The third kappa shape index (κ3) is 6.60. The molecule has 0 spiro atoms. The number of aliphatic hydroxyl groups excluding tert-OH is 1. The zero-order chi connectivity index (χ0) is 23.1. The number of aromatic nitrogens is 3. The predicted octanol–water partition coefficient (Wildman–Crippen LogP) is 2.24. The number of carbonyl (C=O) groups is 1. The Balaban J connectivity index is 1.77. The van der Waals surface area contributed by atoms with Crippen LogP contribution in [-0.2, 0) is 29.2 Å². The first kappa shape index (κ1) is 24.4. The van der Waals surface area contributed by atoms with Crippen molar-refractivity contribution in [3.05, 3.63) is 47.3 Å². The van der Waals surface area contributed by atoms with E-state index in [4.69, 9.17) is 4.74 Å². The third-order valence-electron chi connectivity index (χ3n) is 6.17. The second kappa shape index (κ2) is 11.5. The maximum atomic E-state index is 12.9. The summed E-state index contributed by atoms with van der Waals surface area (Å²) in [7, 11) is 2.10. The SMILES string of the molecule is Cc1cccc(CN(C)C[C@H]2OCc3cnnn3CCCC(=O)N([C@H](C)CO)C[C@@H]2C)c1. The van der Waals surface area contributed by atoms with Crippen LogP contribution in [-0.4, -0.2) is 74.7 Å². The molecule has 0 unspecified atom stereocenters. The molecule has 0 bridgehead atoms. The van der Waals surface area contributed by atoms with Crippen LogP contribution >= 0.6 is 0 Å². The zero-order valence-corrected chi connectivity index (χ0v) is 19.8. The Bertz CT molecular complexity index is 871. The van der Waals surface area contributed by atoms with Crippen LogP contribution in [0.3, 0.4) is 0 Å². The van der Waals surface area contributed by atoms with Crippen molar-refractivity contribution in [3.63, 3.8) is 0 Å². The molecule has 8 heteroatoms. The average molecular weight is 444 g/mol. The topological polar surface area (TPSA) is 83.7 Å². The highest BCUT2D eigenvalue weighted by molar-refractivity contribution is 5.76. The molecule has 1 aliphatic heterocycles. The molecule has 1 aromatic carbocycles. The van der Waals surface area contributed by atoms with Crippen LogP contribution < -0.4 is 0 Å². The standard InChI is InChI=1S/C24H37N5O3/c1-18-7-5-8-21(11-18)14-27(4)15-23-19(2)13-28(20(3)16-30)24(31)9-6-10-29-22(17-32-23)12-25-26-29/h5,7-8,11-12,19-20,23,30H,6,9-10,13-17H2,1-4H3/t19-,20+,23+/m0/s1. The van der Waals surface area contributed by atoms with Gasteiger partial charge in [0.25, 0.3) is 0 Å². The molecule has 32 heavy (non-hydrogen) atoms. The van der Waals surface area contributed by atoms with E-state index in [1.807, 2.05) is 16.5 Å². The highest BCUT2D eigenvalue weighted by atomic mass is 16.5. The minimum atomic E-state index is -0.222. The van der Waals surface area contributed by atoms with E-state index in [0.29, 0.717) is 32.5 Å². The number of aryl methyl sites for hydroxylation is 2. The zero-order valence-electron chi connectivity index (χ0n) is 19.8. The number of benzene rings is 1.